The van der Waals surface area contributed by atoms with Crippen LogP contribution in [0.2, 0.25) is 0 Å². The lowest BCUT2D eigenvalue weighted by molar-refractivity contribution is -0.131. The molecule has 3 aromatic rings. The Kier molecular flexibility index (Phi) is 5.45. The molecule has 25 heavy (non-hydrogen) atoms. The minimum Gasteiger partial charge on any atom is -0.497 e. The van der Waals surface area contributed by atoms with Crippen LogP contribution in [-0.4, -0.2) is 25.0 Å². The highest BCUT2D eigenvalue weighted by atomic mass is 79.9. The van der Waals surface area contributed by atoms with E-state index in [-0.39, 0.29) is 11.8 Å². The Balaban J connectivity index is 1.77. The Labute approximate surface area is 160 Å². The molecule has 0 radical (unpaired) electrons. The Hall–Kier alpha value is -1.85. The molecule has 1 unspecified atom stereocenters. The standard InChI is InChI=1S/C20H20BrNO2S/c1-13(20(23)22(2)12-18-8-9-19(21)25-18)14-4-5-16-11-17(24-3)7-6-15(16)10-14/h4-11,13H,12H2,1-3H3. The summed E-state index contributed by atoms with van der Waals surface area (Å²) < 4.78 is 6.35. The van der Waals surface area contributed by atoms with Gasteiger partial charge in [-0.15, -0.1) is 11.3 Å². The van der Waals surface area contributed by atoms with Gasteiger partial charge in [0, 0.05) is 11.9 Å². The molecule has 0 aliphatic rings. The minimum atomic E-state index is -0.181. The molecule has 3 nitrogen and oxygen atoms in total. The Morgan fingerprint density at radius 3 is 2.56 bits per heavy atom. The highest BCUT2D eigenvalue weighted by Gasteiger charge is 2.20. The van der Waals surface area contributed by atoms with Gasteiger partial charge in [0.25, 0.3) is 0 Å². The van der Waals surface area contributed by atoms with Crippen molar-refractivity contribution in [2.24, 2.45) is 0 Å². The van der Waals surface area contributed by atoms with Crippen molar-refractivity contribution in [3.8, 4) is 5.75 Å². The molecule has 1 amide bonds. The number of benzene rings is 2. The molecule has 3 rings (SSSR count). The zero-order chi connectivity index (χ0) is 18.0. The van der Waals surface area contributed by atoms with Crippen molar-refractivity contribution in [3.05, 3.63) is 62.8 Å². The zero-order valence-electron chi connectivity index (χ0n) is 14.5. The first-order chi connectivity index (χ1) is 12.0. The molecule has 0 bridgehead atoms. The molecule has 0 N–H and O–H groups in total. The van der Waals surface area contributed by atoms with Gasteiger partial charge in [-0.3, -0.25) is 4.79 Å². The highest BCUT2D eigenvalue weighted by Crippen LogP contribution is 2.27. The number of rotatable bonds is 5. The molecule has 0 saturated heterocycles. The normalized spacial score (nSPS) is 12.2. The number of hydrogen-bond acceptors (Lipinski definition) is 3. The van der Waals surface area contributed by atoms with Gasteiger partial charge in [0.2, 0.25) is 5.91 Å². The number of amides is 1. The first-order valence-corrected chi connectivity index (χ1v) is 9.66. The van der Waals surface area contributed by atoms with Crippen molar-refractivity contribution in [1.82, 2.24) is 4.90 Å². The van der Waals surface area contributed by atoms with Gasteiger partial charge in [-0.1, -0.05) is 24.3 Å². The number of methoxy groups -OCH3 is 1. The quantitative estimate of drug-likeness (QED) is 0.553. The van der Waals surface area contributed by atoms with Crippen molar-refractivity contribution >= 4 is 43.9 Å². The molecule has 5 heteroatoms. The summed E-state index contributed by atoms with van der Waals surface area (Å²) in [6, 6.07) is 16.2. The van der Waals surface area contributed by atoms with E-state index in [2.05, 4.69) is 22.0 Å². The molecular formula is C20H20BrNO2S. The van der Waals surface area contributed by atoms with Crippen molar-refractivity contribution in [2.45, 2.75) is 19.4 Å². The average Bonchev–Trinajstić information content (AvgIpc) is 3.04. The van der Waals surface area contributed by atoms with Gasteiger partial charge in [-0.25, -0.2) is 0 Å². The first kappa shape index (κ1) is 18.0. The molecular weight excluding hydrogens is 398 g/mol. The van der Waals surface area contributed by atoms with Crippen LogP contribution in [0.4, 0.5) is 0 Å². The van der Waals surface area contributed by atoms with Gasteiger partial charge < -0.3 is 9.64 Å². The number of fused-ring (bicyclic) bond motifs is 1. The smallest absolute Gasteiger partial charge is 0.229 e. The summed E-state index contributed by atoms with van der Waals surface area (Å²) in [5.41, 5.74) is 1.03. The van der Waals surface area contributed by atoms with Crippen LogP contribution >= 0.6 is 27.3 Å². The first-order valence-electron chi connectivity index (χ1n) is 8.05. The molecule has 130 valence electrons. The SMILES string of the molecule is COc1ccc2cc(C(C)C(=O)N(C)Cc3ccc(Br)s3)ccc2c1. The van der Waals surface area contributed by atoms with E-state index in [0.717, 1.165) is 25.9 Å². The number of hydrogen-bond donors (Lipinski definition) is 0. The third kappa shape index (κ3) is 4.05. The number of halogens is 1. The average molecular weight is 418 g/mol. The third-order valence-electron chi connectivity index (χ3n) is 4.34. The second-order valence-corrected chi connectivity index (χ2v) is 8.64. The Bertz CT molecular complexity index is 906. The van der Waals surface area contributed by atoms with Crippen LogP contribution in [0.1, 0.15) is 23.3 Å². The number of ether oxygens (including phenoxy) is 1. The number of carbonyl (C=O) groups excluding carboxylic acids is 1. The Morgan fingerprint density at radius 2 is 1.88 bits per heavy atom. The fourth-order valence-electron chi connectivity index (χ4n) is 2.86. The summed E-state index contributed by atoms with van der Waals surface area (Å²) in [5.74, 6) is 0.781. The fraction of sp³-hybridized carbons (Fsp3) is 0.250. The molecule has 0 aliphatic carbocycles. The van der Waals surface area contributed by atoms with Crippen LogP contribution in [0, 0.1) is 0 Å². The van der Waals surface area contributed by atoms with Gasteiger partial charge in [0.05, 0.1) is 23.4 Å². The topological polar surface area (TPSA) is 29.5 Å². The predicted octanol–water partition coefficient (Wildman–Crippen LogP) is 5.43. The summed E-state index contributed by atoms with van der Waals surface area (Å²) in [7, 11) is 3.52. The van der Waals surface area contributed by atoms with Gasteiger partial charge in [-0.2, -0.15) is 0 Å². The highest BCUT2D eigenvalue weighted by molar-refractivity contribution is 9.11. The molecule has 0 fully saturated rings. The Morgan fingerprint density at radius 1 is 1.16 bits per heavy atom. The van der Waals surface area contributed by atoms with E-state index >= 15 is 0 Å². The molecule has 0 aliphatic heterocycles. The van der Waals surface area contributed by atoms with E-state index in [9.17, 15) is 4.79 Å². The lowest BCUT2D eigenvalue weighted by Gasteiger charge is -2.21. The lowest BCUT2D eigenvalue weighted by atomic mass is 9.96. The van der Waals surface area contributed by atoms with Crippen molar-refractivity contribution in [1.29, 1.82) is 0 Å². The predicted molar refractivity (Wildman–Crippen MR) is 107 cm³/mol. The zero-order valence-corrected chi connectivity index (χ0v) is 16.9. The maximum Gasteiger partial charge on any atom is 0.229 e. The van der Waals surface area contributed by atoms with Crippen LogP contribution in [0.15, 0.2) is 52.3 Å². The van der Waals surface area contributed by atoms with Crippen LogP contribution in [-0.2, 0) is 11.3 Å². The molecule has 1 heterocycles. The largest absolute Gasteiger partial charge is 0.497 e. The molecule has 0 saturated carbocycles. The van der Waals surface area contributed by atoms with Crippen molar-refractivity contribution in [2.75, 3.05) is 14.2 Å². The summed E-state index contributed by atoms with van der Waals surface area (Å²) >= 11 is 5.12. The second kappa shape index (κ2) is 7.58. The second-order valence-electron chi connectivity index (χ2n) is 6.09. The monoisotopic (exact) mass is 417 g/mol. The molecule has 1 aromatic heterocycles. The number of carbonyl (C=O) groups is 1. The van der Waals surface area contributed by atoms with E-state index in [4.69, 9.17) is 4.74 Å². The number of likely N-dealkylation sites (N-methyl/N-ethyl adjacent to an activating group) is 1. The van der Waals surface area contributed by atoms with Crippen molar-refractivity contribution in [3.63, 3.8) is 0 Å². The van der Waals surface area contributed by atoms with Crippen LogP contribution in [0.25, 0.3) is 10.8 Å². The van der Waals surface area contributed by atoms with Crippen LogP contribution in [0.5, 0.6) is 5.75 Å². The van der Waals surface area contributed by atoms with E-state index in [1.54, 1.807) is 23.3 Å². The fourth-order valence-corrected chi connectivity index (χ4v) is 4.40. The maximum atomic E-state index is 12.8. The van der Waals surface area contributed by atoms with E-state index in [1.165, 1.54) is 4.88 Å². The van der Waals surface area contributed by atoms with E-state index in [0.29, 0.717) is 6.54 Å². The minimum absolute atomic E-state index is 0.123. The molecule has 1 atom stereocenters. The van der Waals surface area contributed by atoms with Gasteiger partial charge in [-0.05, 0) is 63.5 Å². The molecule has 2 aromatic carbocycles. The number of thiophene rings is 1. The van der Waals surface area contributed by atoms with Gasteiger partial charge >= 0.3 is 0 Å². The van der Waals surface area contributed by atoms with Crippen LogP contribution in [0.3, 0.4) is 0 Å². The summed E-state index contributed by atoms with van der Waals surface area (Å²) in [6.07, 6.45) is 0. The summed E-state index contributed by atoms with van der Waals surface area (Å²) in [4.78, 5) is 15.7. The lowest BCUT2D eigenvalue weighted by Crippen LogP contribution is -2.29. The summed E-state index contributed by atoms with van der Waals surface area (Å²) in [5, 5.41) is 2.22. The van der Waals surface area contributed by atoms with Crippen LogP contribution < -0.4 is 4.74 Å². The van der Waals surface area contributed by atoms with E-state index in [1.807, 2.05) is 56.4 Å². The third-order valence-corrected chi connectivity index (χ3v) is 5.95. The van der Waals surface area contributed by atoms with Gasteiger partial charge in [0.1, 0.15) is 5.75 Å². The maximum absolute atomic E-state index is 12.8. The van der Waals surface area contributed by atoms with Gasteiger partial charge in [0.15, 0.2) is 0 Å². The van der Waals surface area contributed by atoms with Crippen molar-refractivity contribution < 1.29 is 9.53 Å². The molecule has 0 spiro atoms. The van der Waals surface area contributed by atoms with E-state index < -0.39 is 0 Å². The number of nitrogens with zero attached hydrogens (tertiary/aromatic N) is 1. The summed E-state index contributed by atoms with van der Waals surface area (Å²) in [6.45, 7) is 2.60.